The second-order valence-corrected chi connectivity index (χ2v) is 4.65. The van der Waals surface area contributed by atoms with Gasteiger partial charge in [0.25, 0.3) is 0 Å². The van der Waals surface area contributed by atoms with Crippen molar-refractivity contribution in [2.24, 2.45) is 0 Å². The highest BCUT2D eigenvalue weighted by Gasteiger charge is 2.36. The number of carbonyl (C=O) groups excluding carboxylic acids is 1. The van der Waals surface area contributed by atoms with Crippen molar-refractivity contribution >= 4 is 21.9 Å². The van der Waals surface area contributed by atoms with Crippen LogP contribution in [0.1, 0.15) is 22.8 Å². The third-order valence-corrected chi connectivity index (χ3v) is 3.16. The molecular formula is C12H12BrF3O3. The summed E-state index contributed by atoms with van der Waals surface area (Å²) in [6.45, 7) is 0.736. The molecule has 0 N–H and O–H groups in total. The van der Waals surface area contributed by atoms with E-state index >= 15 is 0 Å². The SMILES string of the molecule is COC(=O)c1ccc(COC(C)C(F)(F)F)c(Br)c1. The van der Waals surface area contributed by atoms with Crippen LogP contribution in [0.3, 0.4) is 0 Å². The molecule has 0 fully saturated rings. The fourth-order valence-electron chi connectivity index (χ4n) is 1.22. The fraction of sp³-hybridized carbons (Fsp3) is 0.417. The molecule has 0 aliphatic rings. The number of hydrogen-bond acceptors (Lipinski definition) is 3. The first-order valence-electron chi connectivity index (χ1n) is 5.30. The summed E-state index contributed by atoms with van der Waals surface area (Å²) in [6.07, 6.45) is -6.24. The van der Waals surface area contributed by atoms with Gasteiger partial charge >= 0.3 is 12.1 Å². The molecule has 7 heteroatoms. The van der Waals surface area contributed by atoms with E-state index in [9.17, 15) is 18.0 Å². The minimum Gasteiger partial charge on any atom is -0.465 e. The first kappa shape index (κ1) is 16.0. The molecule has 0 spiro atoms. The lowest BCUT2D eigenvalue weighted by Crippen LogP contribution is -2.28. The van der Waals surface area contributed by atoms with Crippen LogP contribution in [0.15, 0.2) is 22.7 Å². The molecule has 1 aromatic rings. The molecule has 0 aromatic heterocycles. The van der Waals surface area contributed by atoms with Crippen molar-refractivity contribution in [3.05, 3.63) is 33.8 Å². The van der Waals surface area contributed by atoms with Crippen molar-refractivity contribution < 1.29 is 27.4 Å². The Morgan fingerprint density at radius 2 is 2.05 bits per heavy atom. The predicted molar refractivity (Wildman–Crippen MR) is 65.8 cm³/mol. The van der Waals surface area contributed by atoms with Gasteiger partial charge in [-0.05, 0) is 24.6 Å². The van der Waals surface area contributed by atoms with Crippen LogP contribution >= 0.6 is 15.9 Å². The first-order chi connectivity index (χ1) is 8.75. The Morgan fingerprint density at radius 3 is 2.53 bits per heavy atom. The van der Waals surface area contributed by atoms with Crippen LogP contribution in [0.2, 0.25) is 0 Å². The Hall–Kier alpha value is -1.08. The van der Waals surface area contributed by atoms with Gasteiger partial charge in [-0.25, -0.2) is 4.79 Å². The maximum Gasteiger partial charge on any atom is 0.414 e. The fourth-order valence-corrected chi connectivity index (χ4v) is 1.71. The average molecular weight is 341 g/mol. The lowest BCUT2D eigenvalue weighted by molar-refractivity contribution is -0.217. The number of alkyl halides is 3. The molecule has 106 valence electrons. The van der Waals surface area contributed by atoms with E-state index < -0.39 is 18.2 Å². The second-order valence-electron chi connectivity index (χ2n) is 3.79. The number of halogens is 4. The summed E-state index contributed by atoms with van der Waals surface area (Å²) < 4.78 is 46.6. The molecule has 1 aromatic carbocycles. The largest absolute Gasteiger partial charge is 0.465 e. The van der Waals surface area contributed by atoms with E-state index in [1.807, 2.05) is 0 Å². The molecule has 0 saturated carbocycles. The van der Waals surface area contributed by atoms with E-state index in [4.69, 9.17) is 4.74 Å². The van der Waals surface area contributed by atoms with Crippen molar-refractivity contribution in [2.45, 2.75) is 25.8 Å². The van der Waals surface area contributed by atoms with E-state index in [0.29, 0.717) is 15.6 Å². The molecule has 0 saturated heterocycles. The van der Waals surface area contributed by atoms with Gasteiger partial charge in [0.2, 0.25) is 0 Å². The quantitative estimate of drug-likeness (QED) is 0.784. The molecule has 0 aliphatic carbocycles. The number of benzene rings is 1. The first-order valence-corrected chi connectivity index (χ1v) is 6.10. The van der Waals surface area contributed by atoms with Gasteiger partial charge in [-0.15, -0.1) is 0 Å². The molecule has 0 bridgehead atoms. The van der Waals surface area contributed by atoms with Crippen LogP contribution in [0.25, 0.3) is 0 Å². The van der Waals surface area contributed by atoms with E-state index in [-0.39, 0.29) is 6.61 Å². The topological polar surface area (TPSA) is 35.5 Å². The van der Waals surface area contributed by atoms with E-state index in [2.05, 4.69) is 20.7 Å². The molecule has 0 heterocycles. The van der Waals surface area contributed by atoms with Gasteiger partial charge in [-0.1, -0.05) is 22.0 Å². The van der Waals surface area contributed by atoms with Gasteiger partial charge in [0.15, 0.2) is 6.10 Å². The van der Waals surface area contributed by atoms with Gasteiger partial charge in [0.05, 0.1) is 19.3 Å². The monoisotopic (exact) mass is 340 g/mol. The Kier molecular flexibility index (Phi) is 5.37. The Bertz CT molecular complexity index is 460. The van der Waals surface area contributed by atoms with Crippen LogP contribution in [0.4, 0.5) is 13.2 Å². The molecule has 0 radical (unpaired) electrons. The number of methoxy groups -OCH3 is 1. The van der Waals surface area contributed by atoms with Crippen LogP contribution in [0.5, 0.6) is 0 Å². The maximum atomic E-state index is 12.3. The van der Waals surface area contributed by atoms with Gasteiger partial charge in [0, 0.05) is 4.47 Å². The standard InChI is InChI=1S/C12H12BrF3O3/c1-7(12(14,15)16)19-6-9-4-3-8(5-10(9)13)11(17)18-2/h3-5,7H,6H2,1-2H3. The zero-order valence-corrected chi connectivity index (χ0v) is 11.8. The van der Waals surface area contributed by atoms with Gasteiger partial charge in [-0.2, -0.15) is 13.2 Å². The maximum absolute atomic E-state index is 12.3. The molecule has 3 nitrogen and oxygen atoms in total. The normalized spacial score (nSPS) is 13.2. The van der Waals surface area contributed by atoms with Crippen molar-refractivity contribution in [2.75, 3.05) is 7.11 Å². The van der Waals surface area contributed by atoms with Crippen molar-refractivity contribution in [3.63, 3.8) is 0 Å². The minimum absolute atomic E-state index is 0.206. The number of ether oxygens (including phenoxy) is 2. The predicted octanol–water partition coefficient (Wildman–Crippen LogP) is 3.70. The lowest BCUT2D eigenvalue weighted by atomic mass is 10.1. The van der Waals surface area contributed by atoms with E-state index in [1.165, 1.54) is 25.3 Å². The molecular weight excluding hydrogens is 329 g/mol. The van der Waals surface area contributed by atoms with Crippen molar-refractivity contribution in [1.29, 1.82) is 0 Å². The number of carbonyl (C=O) groups is 1. The van der Waals surface area contributed by atoms with Crippen LogP contribution in [0, 0.1) is 0 Å². The van der Waals surface area contributed by atoms with Crippen LogP contribution in [-0.4, -0.2) is 25.4 Å². The molecule has 1 unspecified atom stereocenters. The average Bonchev–Trinajstić information content (AvgIpc) is 2.34. The van der Waals surface area contributed by atoms with Crippen molar-refractivity contribution in [1.82, 2.24) is 0 Å². The smallest absolute Gasteiger partial charge is 0.414 e. The highest BCUT2D eigenvalue weighted by atomic mass is 79.9. The molecule has 0 aliphatic heterocycles. The summed E-state index contributed by atoms with van der Waals surface area (Å²) in [4.78, 5) is 11.3. The van der Waals surface area contributed by atoms with Gasteiger partial charge in [0.1, 0.15) is 0 Å². The van der Waals surface area contributed by atoms with E-state index in [0.717, 1.165) is 6.92 Å². The highest BCUT2D eigenvalue weighted by molar-refractivity contribution is 9.10. The Morgan fingerprint density at radius 1 is 1.42 bits per heavy atom. The van der Waals surface area contributed by atoms with Crippen LogP contribution in [-0.2, 0) is 16.1 Å². The lowest BCUT2D eigenvalue weighted by Gasteiger charge is -2.17. The van der Waals surface area contributed by atoms with Gasteiger partial charge < -0.3 is 9.47 Å². The second kappa shape index (κ2) is 6.38. The summed E-state index contributed by atoms with van der Waals surface area (Å²) in [6, 6.07) is 4.45. The van der Waals surface area contributed by atoms with Crippen molar-refractivity contribution in [3.8, 4) is 0 Å². The number of hydrogen-bond donors (Lipinski definition) is 0. The third kappa shape index (κ3) is 4.50. The third-order valence-electron chi connectivity index (χ3n) is 2.42. The Balaban J connectivity index is 2.73. The minimum atomic E-state index is -4.39. The van der Waals surface area contributed by atoms with E-state index in [1.54, 1.807) is 0 Å². The summed E-state index contributed by atoms with van der Waals surface area (Å²) in [5, 5.41) is 0. The summed E-state index contributed by atoms with van der Waals surface area (Å²) in [5.41, 5.74) is 0.825. The molecule has 1 atom stereocenters. The Labute approximate surface area is 116 Å². The number of esters is 1. The summed E-state index contributed by atoms with van der Waals surface area (Å²) in [5.74, 6) is -0.517. The zero-order valence-electron chi connectivity index (χ0n) is 10.3. The summed E-state index contributed by atoms with van der Waals surface area (Å²) in [7, 11) is 1.25. The van der Waals surface area contributed by atoms with Crippen LogP contribution < -0.4 is 0 Å². The molecule has 1 rings (SSSR count). The highest BCUT2D eigenvalue weighted by Crippen LogP contribution is 2.25. The van der Waals surface area contributed by atoms with Gasteiger partial charge in [-0.3, -0.25) is 0 Å². The summed E-state index contributed by atoms with van der Waals surface area (Å²) >= 11 is 3.18. The molecule has 19 heavy (non-hydrogen) atoms. The number of rotatable bonds is 4. The molecule has 0 amide bonds. The zero-order chi connectivity index (χ0) is 14.6.